The molecule has 0 aromatic carbocycles. The van der Waals surface area contributed by atoms with Crippen LogP contribution in [0.2, 0.25) is 0 Å². The van der Waals surface area contributed by atoms with Gasteiger partial charge in [0.2, 0.25) is 11.8 Å². The van der Waals surface area contributed by atoms with E-state index < -0.39 is 5.92 Å². The molecule has 0 radical (unpaired) electrons. The van der Waals surface area contributed by atoms with E-state index in [1.807, 2.05) is 13.8 Å². The average Bonchev–Trinajstić information content (AvgIpc) is 2.25. The Kier molecular flexibility index (Phi) is 5.17. The van der Waals surface area contributed by atoms with Crippen LogP contribution in [0.5, 0.6) is 0 Å². The Bertz CT molecular complexity index is 261. The standard InChI is InChI=1S/C12H20ClF2NO/c1-8(2)10(13)7-16-11(17)9-3-5-12(14,15)6-4-9/h8-10H,3-7H2,1-2H3,(H,16,17). The number of hydrogen-bond donors (Lipinski definition) is 1. The molecule has 1 aliphatic rings. The maximum Gasteiger partial charge on any atom is 0.248 e. The molecule has 0 bridgehead atoms. The first kappa shape index (κ1) is 14.7. The second-order valence-corrected chi connectivity index (χ2v) is 5.70. The number of halogens is 3. The Morgan fingerprint density at radius 3 is 2.41 bits per heavy atom. The van der Waals surface area contributed by atoms with Crippen molar-refractivity contribution in [1.29, 1.82) is 0 Å². The number of carbonyl (C=O) groups excluding carboxylic acids is 1. The lowest BCUT2D eigenvalue weighted by Crippen LogP contribution is -2.39. The van der Waals surface area contributed by atoms with Crippen molar-refractivity contribution < 1.29 is 13.6 Å². The predicted molar refractivity (Wildman–Crippen MR) is 64.4 cm³/mol. The Hall–Kier alpha value is -0.380. The van der Waals surface area contributed by atoms with Crippen molar-refractivity contribution in [2.75, 3.05) is 6.54 Å². The summed E-state index contributed by atoms with van der Waals surface area (Å²) in [6.45, 7) is 4.36. The number of alkyl halides is 3. The zero-order chi connectivity index (χ0) is 13.1. The fraction of sp³-hybridized carbons (Fsp3) is 0.917. The van der Waals surface area contributed by atoms with Crippen molar-refractivity contribution in [3.8, 4) is 0 Å². The van der Waals surface area contributed by atoms with E-state index in [2.05, 4.69) is 5.32 Å². The summed E-state index contributed by atoms with van der Waals surface area (Å²) in [4.78, 5) is 11.7. The van der Waals surface area contributed by atoms with Gasteiger partial charge in [-0.25, -0.2) is 8.78 Å². The van der Waals surface area contributed by atoms with E-state index >= 15 is 0 Å². The highest BCUT2D eigenvalue weighted by atomic mass is 35.5. The molecule has 0 saturated heterocycles. The van der Waals surface area contributed by atoms with Gasteiger partial charge >= 0.3 is 0 Å². The van der Waals surface area contributed by atoms with Gasteiger partial charge in [-0.15, -0.1) is 11.6 Å². The quantitative estimate of drug-likeness (QED) is 0.779. The first-order valence-corrected chi connectivity index (χ1v) is 6.55. The molecular formula is C12H20ClF2NO. The van der Waals surface area contributed by atoms with Gasteiger partial charge in [0.1, 0.15) is 0 Å². The minimum atomic E-state index is -2.58. The molecule has 1 unspecified atom stereocenters. The molecule has 1 fully saturated rings. The number of hydrogen-bond acceptors (Lipinski definition) is 1. The van der Waals surface area contributed by atoms with Crippen molar-refractivity contribution in [1.82, 2.24) is 5.32 Å². The summed E-state index contributed by atoms with van der Waals surface area (Å²) in [6, 6.07) is 0. The molecule has 0 heterocycles. The molecule has 1 aliphatic carbocycles. The van der Waals surface area contributed by atoms with Crippen LogP contribution in [0.1, 0.15) is 39.5 Å². The molecule has 1 amide bonds. The summed E-state index contributed by atoms with van der Waals surface area (Å²) in [6.07, 6.45) is 0.181. The molecule has 0 aliphatic heterocycles. The van der Waals surface area contributed by atoms with Gasteiger partial charge in [0.05, 0.1) is 5.38 Å². The SMILES string of the molecule is CC(C)C(Cl)CNC(=O)C1CCC(F)(F)CC1. The van der Waals surface area contributed by atoms with Crippen LogP contribution in [-0.4, -0.2) is 23.8 Å². The van der Waals surface area contributed by atoms with Gasteiger partial charge in [-0.1, -0.05) is 13.8 Å². The zero-order valence-corrected chi connectivity index (χ0v) is 11.1. The molecule has 17 heavy (non-hydrogen) atoms. The Morgan fingerprint density at radius 2 is 1.94 bits per heavy atom. The van der Waals surface area contributed by atoms with Crippen LogP contribution in [0, 0.1) is 11.8 Å². The normalized spacial score (nSPS) is 22.5. The van der Waals surface area contributed by atoms with Gasteiger partial charge in [0.15, 0.2) is 0 Å². The van der Waals surface area contributed by atoms with Crippen molar-refractivity contribution in [3.05, 3.63) is 0 Å². The van der Waals surface area contributed by atoms with E-state index in [4.69, 9.17) is 11.6 Å². The molecule has 2 nitrogen and oxygen atoms in total. The molecule has 100 valence electrons. The van der Waals surface area contributed by atoms with Crippen LogP contribution in [0.4, 0.5) is 8.78 Å². The van der Waals surface area contributed by atoms with E-state index in [1.165, 1.54) is 0 Å². The topological polar surface area (TPSA) is 29.1 Å². The molecule has 1 saturated carbocycles. The predicted octanol–water partition coefficient (Wildman–Crippen LogP) is 3.19. The highest BCUT2D eigenvalue weighted by Crippen LogP contribution is 2.36. The fourth-order valence-corrected chi connectivity index (χ4v) is 1.96. The van der Waals surface area contributed by atoms with Gasteiger partial charge in [-0.3, -0.25) is 4.79 Å². The molecule has 1 atom stereocenters. The van der Waals surface area contributed by atoms with Crippen molar-refractivity contribution >= 4 is 17.5 Å². The highest BCUT2D eigenvalue weighted by Gasteiger charge is 2.37. The van der Waals surface area contributed by atoms with Crippen LogP contribution in [0.15, 0.2) is 0 Å². The maximum atomic E-state index is 12.9. The minimum Gasteiger partial charge on any atom is -0.354 e. The molecule has 1 N–H and O–H groups in total. The van der Waals surface area contributed by atoms with Crippen molar-refractivity contribution in [2.24, 2.45) is 11.8 Å². The summed E-state index contributed by atoms with van der Waals surface area (Å²) < 4.78 is 25.8. The molecule has 1 rings (SSSR count). The Morgan fingerprint density at radius 1 is 1.41 bits per heavy atom. The summed E-state index contributed by atoms with van der Waals surface area (Å²) in [7, 11) is 0. The largest absolute Gasteiger partial charge is 0.354 e. The Balaban J connectivity index is 2.30. The van der Waals surface area contributed by atoms with Gasteiger partial charge in [-0.2, -0.15) is 0 Å². The van der Waals surface area contributed by atoms with Gasteiger partial charge < -0.3 is 5.32 Å². The third-order valence-electron chi connectivity index (χ3n) is 3.28. The van der Waals surface area contributed by atoms with E-state index in [1.54, 1.807) is 0 Å². The summed E-state index contributed by atoms with van der Waals surface area (Å²) in [5.41, 5.74) is 0. The maximum absolute atomic E-state index is 12.9. The first-order valence-electron chi connectivity index (χ1n) is 6.11. The average molecular weight is 268 g/mol. The van der Waals surface area contributed by atoms with E-state index in [-0.39, 0.29) is 48.8 Å². The number of carbonyl (C=O) groups is 1. The lowest BCUT2D eigenvalue weighted by Gasteiger charge is -2.27. The second kappa shape index (κ2) is 5.98. The van der Waals surface area contributed by atoms with Crippen LogP contribution in [-0.2, 0) is 4.79 Å². The molecule has 5 heteroatoms. The fourth-order valence-electron chi connectivity index (χ4n) is 1.88. The highest BCUT2D eigenvalue weighted by molar-refractivity contribution is 6.21. The summed E-state index contributed by atoms with van der Waals surface area (Å²) in [5, 5.41) is 2.64. The van der Waals surface area contributed by atoms with Gasteiger partial charge in [-0.05, 0) is 18.8 Å². The van der Waals surface area contributed by atoms with Crippen LogP contribution in [0.25, 0.3) is 0 Å². The smallest absolute Gasteiger partial charge is 0.248 e. The zero-order valence-electron chi connectivity index (χ0n) is 10.3. The summed E-state index contributed by atoms with van der Waals surface area (Å²) in [5.74, 6) is -2.70. The summed E-state index contributed by atoms with van der Waals surface area (Å²) >= 11 is 6.01. The number of rotatable bonds is 4. The molecular weight excluding hydrogens is 248 g/mol. The van der Waals surface area contributed by atoms with E-state index in [0.29, 0.717) is 6.54 Å². The van der Waals surface area contributed by atoms with E-state index in [0.717, 1.165) is 0 Å². The van der Waals surface area contributed by atoms with Crippen LogP contribution >= 0.6 is 11.6 Å². The lowest BCUT2D eigenvalue weighted by molar-refractivity contribution is -0.129. The molecule has 0 spiro atoms. The number of nitrogens with one attached hydrogen (secondary N) is 1. The minimum absolute atomic E-state index is 0.107. The lowest BCUT2D eigenvalue weighted by atomic mass is 9.86. The number of amides is 1. The van der Waals surface area contributed by atoms with Gasteiger partial charge in [0, 0.05) is 25.3 Å². The van der Waals surface area contributed by atoms with Crippen LogP contribution < -0.4 is 5.32 Å². The third-order valence-corrected chi connectivity index (χ3v) is 3.94. The first-order chi connectivity index (χ1) is 7.82. The van der Waals surface area contributed by atoms with Crippen molar-refractivity contribution in [3.63, 3.8) is 0 Å². The van der Waals surface area contributed by atoms with Gasteiger partial charge in [0.25, 0.3) is 0 Å². The molecule has 0 aromatic rings. The van der Waals surface area contributed by atoms with E-state index in [9.17, 15) is 13.6 Å². The monoisotopic (exact) mass is 267 g/mol. The van der Waals surface area contributed by atoms with Crippen LogP contribution in [0.3, 0.4) is 0 Å². The van der Waals surface area contributed by atoms with Crippen molar-refractivity contribution in [2.45, 2.75) is 50.8 Å². The Labute approximate surface area is 106 Å². The second-order valence-electron chi connectivity index (χ2n) is 5.14. The third kappa shape index (κ3) is 4.78. The molecule has 0 aromatic heterocycles.